The molecule has 2 aromatic carbocycles. The lowest BCUT2D eigenvalue weighted by atomic mass is 9.81. The summed E-state index contributed by atoms with van der Waals surface area (Å²) in [6, 6.07) is 9.28. The highest BCUT2D eigenvalue weighted by Crippen LogP contribution is 2.48. The number of pyridine rings is 1. The fourth-order valence-corrected chi connectivity index (χ4v) is 5.69. The van der Waals surface area contributed by atoms with Crippen molar-refractivity contribution in [1.29, 1.82) is 0 Å². The highest BCUT2D eigenvalue weighted by molar-refractivity contribution is 6.00. The molecular weight excluding hydrogens is 653 g/mol. The van der Waals surface area contributed by atoms with Gasteiger partial charge in [-0.15, -0.1) is 5.10 Å². The van der Waals surface area contributed by atoms with E-state index in [9.17, 15) is 36.6 Å². The van der Waals surface area contributed by atoms with Gasteiger partial charge in [-0.3, -0.25) is 9.59 Å². The minimum absolute atomic E-state index is 0.0436. The zero-order valence-corrected chi connectivity index (χ0v) is 26.2. The second-order valence-corrected chi connectivity index (χ2v) is 12.9. The van der Waals surface area contributed by atoms with E-state index in [1.54, 1.807) is 13.0 Å². The van der Waals surface area contributed by atoms with Crippen LogP contribution in [0.4, 0.5) is 22.0 Å². The molecule has 7 rings (SSSR count). The Bertz CT molecular complexity index is 1990. The molecule has 3 heterocycles. The van der Waals surface area contributed by atoms with Crippen LogP contribution in [0.15, 0.2) is 48.5 Å². The number of aryl methyl sites for hydroxylation is 1. The number of nitrogens with one attached hydrogen (secondary N) is 2. The molecular formula is C34H30F5N5O5. The first-order valence-electron chi connectivity index (χ1n) is 15.6. The third-order valence-electron chi connectivity index (χ3n) is 8.97. The number of fused-ring (bicyclic) bond motifs is 2. The molecule has 0 spiro atoms. The maximum absolute atomic E-state index is 14.9. The van der Waals surface area contributed by atoms with Crippen LogP contribution in [0.1, 0.15) is 53.5 Å². The number of benzene rings is 2. The quantitative estimate of drug-likeness (QED) is 0.216. The third kappa shape index (κ3) is 6.00. The molecule has 49 heavy (non-hydrogen) atoms. The van der Waals surface area contributed by atoms with Gasteiger partial charge in [0, 0.05) is 28.5 Å². The number of hydrogen-bond donors (Lipinski definition) is 3. The average molecular weight is 684 g/mol. The number of alkyl halides is 4. The summed E-state index contributed by atoms with van der Waals surface area (Å²) in [5.74, 6) is -2.06. The van der Waals surface area contributed by atoms with Crippen LogP contribution >= 0.6 is 0 Å². The van der Waals surface area contributed by atoms with Crippen molar-refractivity contribution >= 4 is 22.7 Å². The van der Waals surface area contributed by atoms with Gasteiger partial charge in [-0.1, -0.05) is 0 Å². The van der Waals surface area contributed by atoms with Gasteiger partial charge in [-0.2, -0.15) is 18.3 Å². The molecule has 2 fully saturated rings. The summed E-state index contributed by atoms with van der Waals surface area (Å²) in [5, 5.41) is 24.9. The van der Waals surface area contributed by atoms with Gasteiger partial charge < -0.3 is 25.2 Å². The summed E-state index contributed by atoms with van der Waals surface area (Å²) < 4.78 is 84.0. The molecule has 2 aromatic heterocycles. The van der Waals surface area contributed by atoms with Crippen molar-refractivity contribution in [2.24, 2.45) is 0 Å². The second-order valence-electron chi connectivity index (χ2n) is 12.9. The van der Waals surface area contributed by atoms with Crippen molar-refractivity contribution in [3.8, 4) is 22.8 Å². The summed E-state index contributed by atoms with van der Waals surface area (Å²) in [5.41, 5.74) is -5.55. The van der Waals surface area contributed by atoms with Crippen molar-refractivity contribution in [2.45, 2.75) is 68.6 Å². The van der Waals surface area contributed by atoms with Crippen molar-refractivity contribution < 1.29 is 46.1 Å². The predicted octanol–water partition coefficient (Wildman–Crippen LogP) is 4.74. The number of nitrogens with zero attached hydrogens (tertiary/aromatic N) is 3. The van der Waals surface area contributed by atoms with Crippen LogP contribution in [0.5, 0.6) is 11.5 Å². The smallest absolute Gasteiger partial charge is 0.424 e. The van der Waals surface area contributed by atoms with E-state index in [4.69, 9.17) is 9.47 Å². The number of carbonyl (C=O) groups is 2. The normalized spacial score (nSPS) is 22.5. The molecule has 0 unspecified atom stereocenters. The highest BCUT2D eigenvalue weighted by atomic mass is 19.4. The average Bonchev–Trinajstić information content (AvgIpc) is 3.98. The molecule has 1 aliphatic heterocycles. The molecule has 2 amide bonds. The molecule has 2 saturated carbocycles. The van der Waals surface area contributed by atoms with Crippen LogP contribution in [0, 0.1) is 12.7 Å². The number of amides is 2. The summed E-state index contributed by atoms with van der Waals surface area (Å²) in [7, 11) is 0. The number of halogens is 5. The van der Waals surface area contributed by atoms with Gasteiger partial charge in [0.05, 0.1) is 30.1 Å². The van der Waals surface area contributed by atoms with Crippen LogP contribution in [-0.4, -0.2) is 69.7 Å². The van der Waals surface area contributed by atoms with Crippen molar-refractivity contribution in [3.05, 3.63) is 76.9 Å². The van der Waals surface area contributed by atoms with Gasteiger partial charge in [-0.05, 0) is 75.2 Å². The minimum Gasteiger partial charge on any atom is -0.489 e. The zero-order valence-electron chi connectivity index (χ0n) is 26.2. The van der Waals surface area contributed by atoms with E-state index in [0.29, 0.717) is 16.6 Å². The first-order valence-corrected chi connectivity index (χ1v) is 15.6. The lowest BCUT2D eigenvalue weighted by Gasteiger charge is -2.31. The van der Waals surface area contributed by atoms with E-state index in [0.717, 1.165) is 31.0 Å². The fourth-order valence-electron chi connectivity index (χ4n) is 5.69. The van der Waals surface area contributed by atoms with Gasteiger partial charge in [0.2, 0.25) is 11.5 Å². The van der Waals surface area contributed by atoms with E-state index in [1.807, 2.05) is 0 Å². The highest BCUT2D eigenvalue weighted by Gasteiger charge is 2.58. The van der Waals surface area contributed by atoms with E-state index >= 15 is 0 Å². The topological polar surface area (TPSA) is 136 Å². The van der Waals surface area contributed by atoms with E-state index < -0.39 is 59.3 Å². The molecule has 10 nitrogen and oxygen atoms in total. The van der Waals surface area contributed by atoms with Crippen LogP contribution in [0.3, 0.4) is 0 Å². The molecule has 3 N–H and O–H groups in total. The van der Waals surface area contributed by atoms with Crippen LogP contribution < -0.4 is 20.1 Å². The number of ether oxygens (including phenoxy) is 2. The first kappa shape index (κ1) is 32.6. The Balaban J connectivity index is 1.27. The summed E-state index contributed by atoms with van der Waals surface area (Å²) in [4.78, 5) is 31.0. The maximum Gasteiger partial charge on any atom is 0.424 e. The molecule has 4 atom stereocenters. The van der Waals surface area contributed by atoms with Gasteiger partial charge in [0.25, 0.3) is 5.91 Å². The van der Waals surface area contributed by atoms with Crippen LogP contribution in [0.25, 0.3) is 22.2 Å². The Labute approximate surface area is 276 Å². The molecule has 0 saturated heterocycles. The number of aromatic nitrogens is 3. The van der Waals surface area contributed by atoms with Gasteiger partial charge in [0.1, 0.15) is 46.7 Å². The molecule has 3 aliphatic rings. The van der Waals surface area contributed by atoms with E-state index in [1.165, 1.54) is 31.2 Å². The second kappa shape index (κ2) is 11.6. The third-order valence-corrected chi connectivity index (χ3v) is 8.97. The monoisotopic (exact) mass is 683 g/mol. The molecule has 0 bridgehead atoms. The summed E-state index contributed by atoms with van der Waals surface area (Å²) in [6.45, 7) is 1.42. The predicted molar refractivity (Wildman–Crippen MR) is 164 cm³/mol. The lowest BCUT2D eigenvalue weighted by molar-refractivity contribution is -0.265. The van der Waals surface area contributed by atoms with Crippen molar-refractivity contribution in [2.75, 3.05) is 13.2 Å². The standard InChI is InChI=1S/C34H30F5N5O5/c1-16-9-18-10-19(11-25(27(18)44-43-16)49-21-7-8-21)30(45)40-14-33(47,34(37,38)39)26-12-22-29(28(42-26)17-3-5-20(35)6-4-17)48-15-32(22,2)31(46)41-24-13-23(24)36/h3-6,9-12,21,23-24,47H,7-8,13-15H2,1-2H3,(H,40,45)(H,41,46)/t23-,24+,32-,33-/m0/s1. The van der Waals surface area contributed by atoms with Crippen molar-refractivity contribution in [1.82, 2.24) is 25.8 Å². The summed E-state index contributed by atoms with van der Waals surface area (Å²) >= 11 is 0. The number of rotatable bonds is 9. The first-order chi connectivity index (χ1) is 23.2. The fraction of sp³-hybridized carbons (Fsp3) is 0.382. The molecule has 256 valence electrons. The number of aliphatic hydroxyl groups is 1. The number of hydrogen-bond acceptors (Lipinski definition) is 8. The van der Waals surface area contributed by atoms with Gasteiger partial charge in [-0.25, -0.2) is 13.8 Å². The summed E-state index contributed by atoms with van der Waals surface area (Å²) in [6.07, 6.45) is -5.03. The molecule has 15 heteroatoms. The minimum atomic E-state index is -5.40. The van der Waals surface area contributed by atoms with Crippen molar-refractivity contribution in [3.63, 3.8) is 0 Å². The zero-order chi connectivity index (χ0) is 34.9. The Kier molecular flexibility index (Phi) is 7.72. The SMILES string of the molecule is Cc1cc2cc(C(=O)NC[C@](O)(c3cc4c(c(-c5ccc(F)cc5)n3)OC[C@]4(C)C(=O)N[C@@H]3C[C@@H]3F)C(F)(F)F)cc(OC3CC3)c2nn1. The van der Waals surface area contributed by atoms with Gasteiger partial charge in [0.15, 0.2) is 0 Å². The van der Waals surface area contributed by atoms with E-state index in [-0.39, 0.29) is 53.0 Å². The Morgan fingerprint density at radius 2 is 1.82 bits per heavy atom. The largest absolute Gasteiger partial charge is 0.489 e. The van der Waals surface area contributed by atoms with Crippen LogP contribution in [-0.2, 0) is 15.8 Å². The maximum atomic E-state index is 14.9. The Morgan fingerprint density at radius 3 is 2.47 bits per heavy atom. The Hall–Kier alpha value is -4.92. The van der Waals surface area contributed by atoms with Gasteiger partial charge >= 0.3 is 6.18 Å². The molecule has 0 radical (unpaired) electrons. The van der Waals surface area contributed by atoms with E-state index in [2.05, 4.69) is 25.8 Å². The lowest BCUT2D eigenvalue weighted by Crippen LogP contribution is -2.52. The number of carbonyl (C=O) groups excluding carboxylic acids is 2. The molecule has 2 aliphatic carbocycles. The molecule has 4 aromatic rings. The van der Waals surface area contributed by atoms with Crippen LogP contribution in [0.2, 0.25) is 0 Å². The Morgan fingerprint density at radius 1 is 1.10 bits per heavy atom.